The van der Waals surface area contributed by atoms with Crippen molar-refractivity contribution in [1.82, 2.24) is 20.5 Å². The van der Waals surface area contributed by atoms with Crippen molar-refractivity contribution in [3.8, 4) is 0 Å². The maximum Gasteiger partial charge on any atom is 0.434 e. The molecule has 2 heterocycles. The topological polar surface area (TPSA) is 52.6 Å². The number of rotatable bonds is 7. The van der Waals surface area contributed by atoms with E-state index in [1.54, 1.807) is 0 Å². The summed E-state index contributed by atoms with van der Waals surface area (Å²) in [6.45, 7) is 5.52. The molecule has 1 aromatic carbocycles. The van der Waals surface area contributed by atoms with Crippen molar-refractivity contribution < 1.29 is 13.2 Å². The highest BCUT2D eigenvalue weighted by Crippen LogP contribution is 2.30. The molecular weight excluding hydrogens is 526 g/mol. The molecule has 1 fully saturated rings. The van der Waals surface area contributed by atoms with Crippen LogP contribution in [0.1, 0.15) is 42.1 Å². The first-order valence-corrected chi connectivity index (χ1v) is 10.7. The molecule has 1 aromatic heterocycles. The summed E-state index contributed by atoms with van der Waals surface area (Å²) in [5.41, 5.74) is 0.385. The normalized spacial score (nSPS) is 16.2. The highest BCUT2D eigenvalue weighted by atomic mass is 127. The molecule has 2 aromatic rings. The number of hydrogen-bond donors (Lipinski definition) is 2. The minimum Gasteiger partial charge on any atom is -0.357 e. The van der Waals surface area contributed by atoms with Gasteiger partial charge in [-0.3, -0.25) is 4.90 Å². The minimum atomic E-state index is -4.42. The summed E-state index contributed by atoms with van der Waals surface area (Å²) in [7, 11) is 0. The Kier molecular flexibility index (Phi) is 9.82. The molecule has 0 spiro atoms. The molecule has 1 aliphatic heterocycles. The van der Waals surface area contributed by atoms with E-state index in [2.05, 4.69) is 37.6 Å². The lowest BCUT2D eigenvalue weighted by atomic mass is 10.1. The van der Waals surface area contributed by atoms with Gasteiger partial charge in [0.05, 0.1) is 12.6 Å². The molecule has 0 amide bonds. The zero-order valence-corrected chi connectivity index (χ0v) is 19.9. The Morgan fingerprint density at radius 1 is 1.20 bits per heavy atom. The maximum atomic E-state index is 12.7. The highest BCUT2D eigenvalue weighted by molar-refractivity contribution is 14.0. The van der Waals surface area contributed by atoms with E-state index in [1.165, 1.54) is 18.4 Å². The second-order valence-corrected chi connectivity index (χ2v) is 7.81. The van der Waals surface area contributed by atoms with Crippen LogP contribution < -0.4 is 10.6 Å². The van der Waals surface area contributed by atoms with Gasteiger partial charge in [-0.15, -0.1) is 35.3 Å². The fourth-order valence-electron chi connectivity index (χ4n) is 3.38. The number of benzene rings is 1. The molecule has 30 heavy (non-hydrogen) atoms. The summed E-state index contributed by atoms with van der Waals surface area (Å²) in [5, 5.41) is 7.89. The van der Waals surface area contributed by atoms with Crippen LogP contribution in [-0.4, -0.2) is 42.0 Å². The fourth-order valence-corrected chi connectivity index (χ4v) is 4.11. The van der Waals surface area contributed by atoms with Crippen molar-refractivity contribution in [2.24, 2.45) is 4.99 Å². The van der Waals surface area contributed by atoms with E-state index in [1.807, 2.05) is 25.1 Å². The quantitative estimate of drug-likeness (QED) is 0.298. The summed E-state index contributed by atoms with van der Waals surface area (Å²) in [5.74, 6) is 0.580. The first kappa shape index (κ1) is 24.9. The molecule has 3 rings (SSSR count). The van der Waals surface area contributed by atoms with Gasteiger partial charge in [-0.25, -0.2) is 9.98 Å². The number of guanidine groups is 1. The van der Waals surface area contributed by atoms with Crippen LogP contribution in [0.4, 0.5) is 13.2 Å². The average Bonchev–Trinajstić information content (AvgIpc) is 3.39. The van der Waals surface area contributed by atoms with Crippen LogP contribution in [0.15, 0.2) is 40.7 Å². The lowest BCUT2D eigenvalue weighted by Crippen LogP contribution is -2.42. The highest BCUT2D eigenvalue weighted by Gasteiger charge is 2.33. The van der Waals surface area contributed by atoms with Gasteiger partial charge in [-0.05, 0) is 38.4 Å². The SMILES string of the molecule is CCNC(=NCc1nc(C(F)(F)F)cs1)NCC(c1ccccc1)N1CCCC1.I. The zero-order chi connectivity index (χ0) is 20.7. The van der Waals surface area contributed by atoms with E-state index in [0.717, 1.165) is 29.8 Å². The first-order chi connectivity index (χ1) is 14.0. The van der Waals surface area contributed by atoms with Gasteiger partial charge in [0, 0.05) is 18.5 Å². The molecule has 10 heteroatoms. The van der Waals surface area contributed by atoms with Crippen molar-refractivity contribution >= 4 is 41.3 Å². The average molecular weight is 553 g/mol. The Bertz CT molecular complexity index is 791. The van der Waals surface area contributed by atoms with Gasteiger partial charge in [-0.2, -0.15) is 13.2 Å². The van der Waals surface area contributed by atoms with E-state index in [-0.39, 0.29) is 36.6 Å². The van der Waals surface area contributed by atoms with Crippen molar-refractivity contribution in [1.29, 1.82) is 0 Å². The first-order valence-electron chi connectivity index (χ1n) is 9.80. The Balaban J connectivity index is 0.00000320. The number of halogens is 4. The third-order valence-electron chi connectivity index (χ3n) is 4.79. The van der Waals surface area contributed by atoms with Gasteiger partial charge in [-0.1, -0.05) is 30.3 Å². The molecule has 166 valence electrons. The van der Waals surface area contributed by atoms with Crippen LogP contribution in [0.2, 0.25) is 0 Å². The number of hydrogen-bond acceptors (Lipinski definition) is 4. The van der Waals surface area contributed by atoms with Crippen LogP contribution in [0.25, 0.3) is 0 Å². The molecular formula is C20H27F3IN5S. The number of alkyl halides is 3. The molecule has 1 atom stereocenters. The van der Waals surface area contributed by atoms with Gasteiger partial charge in [0.25, 0.3) is 0 Å². The van der Waals surface area contributed by atoms with Crippen LogP contribution >= 0.6 is 35.3 Å². The molecule has 5 nitrogen and oxygen atoms in total. The maximum absolute atomic E-state index is 12.7. The lowest BCUT2D eigenvalue weighted by molar-refractivity contribution is -0.140. The van der Waals surface area contributed by atoms with Crippen LogP contribution in [-0.2, 0) is 12.7 Å². The molecule has 1 unspecified atom stereocenters. The molecule has 0 aliphatic carbocycles. The molecule has 2 N–H and O–H groups in total. The summed E-state index contributed by atoms with van der Waals surface area (Å²) in [6, 6.07) is 10.6. The van der Waals surface area contributed by atoms with Crippen molar-refractivity contribution in [3.63, 3.8) is 0 Å². The summed E-state index contributed by atoms with van der Waals surface area (Å²) < 4.78 is 38.2. The van der Waals surface area contributed by atoms with Gasteiger partial charge < -0.3 is 10.6 Å². The van der Waals surface area contributed by atoms with Crippen LogP contribution in [0.5, 0.6) is 0 Å². The zero-order valence-electron chi connectivity index (χ0n) is 16.8. The number of aliphatic imine (C=N–C) groups is 1. The predicted molar refractivity (Wildman–Crippen MR) is 125 cm³/mol. The van der Waals surface area contributed by atoms with Gasteiger partial charge in [0.15, 0.2) is 11.7 Å². The molecule has 0 radical (unpaired) electrons. The van der Waals surface area contributed by atoms with E-state index < -0.39 is 11.9 Å². The fraction of sp³-hybridized carbons (Fsp3) is 0.500. The number of aromatic nitrogens is 1. The van der Waals surface area contributed by atoms with Gasteiger partial charge in [0.1, 0.15) is 5.01 Å². The Labute approximate surface area is 196 Å². The minimum absolute atomic E-state index is 0. The number of likely N-dealkylation sites (tertiary alicyclic amines) is 1. The van der Waals surface area contributed by atoms with Gasteiger partial charge >= 0.3 is 6.18 Å². The Morgan fingerprint density at radius 3 is 2.50 bits per heavy atom. The largest absolute Gasteiger partial charge is 0.434 e. The van der Waals surface area contributed by atoms with Crippen molar-refractivity contribution in [2.45, 2.75) is 38.5 Å². The van der Waals surface area contributed by atoms with Crippen LogP contribution in [0.3, 0.4) is 0 Å². The lowest BCUT2D eigenvalue weighted by Gasteiger charge is -2.29. The molecule has 1 saturated heterocycles. The van der Waals surface area contributed by atoms with E-state index >= 15 is 0 Å². The second kappa shape index (κ2) is 11.8. The monoisotopic (exact) mass is 553 g/mol. The number of nitrogens with zero attached hydrogens (tertiary/aromatic N) is 3. The summed E-state index contributed by atoms with van der Waals surface area (Å²) in [4.78, 5) is 10.5. The van der Waals surface area contributed by atoms with Crippen molar-refractivity contribution in [3.05, 3.63) is 52.0 Å². The predicted octanol–water partition coefficient (Wildman–Crippen LogP) is 4.67. The summed E-state index contributed by atoms with van der Waals surface area (Å²) in [6.07, 6.45) is -2.02. The third-order valence-corrected chi connectivity index (χ3v) is 5.62. The Hall–Kier alpha value is -1.40. The smallest absolute Gasteiger partial charge is 0.357 e. The van der Waals surface area contributed by atoms with Crippen molar-refractivity contribution in [2.75, 3.05) is 26.2 Å². The molecule has 0 bridgehead atoms. The molecule has 0 saturated carbocycles. The number of thiazole rings is 1. The van der Waals surface area contributed by atoms with Gasteiger partial charge in [0.2, 0.25) is 0 Å². The van der Waals surface area contributed by atoms with E-state index in [4.69, 9.17) is 0 Å². The third kappa shape index (κ3) is 7.09. The van der Waals surface area contributed by atoms with Crippen LogP contribution in [0, 0.1) is 0 Å². The Morgan fingerprint density at radius 2 is 1.90 bits per heavy atom. The second-order valence-electron chi connectivity index (χ2n) is 6.87. The standard InChI is InChI=1S/C20H26F3N5S.HI/c1-2-24-19(26-13-18-27-17(14-29-18)20(21,22)23)25-12-16(28-10-6-7-11-28)15-8-4-3-5-9-15;/h3-5,8-9,14,16H,2,6-7,10-13H2,1H3,(H2,24,25,26);1H. The van der Waals surface area contributed by atoms with E-state index in [0.29, 0.717) is 24.1 Å². The van der Waals surface area contributed by atoms with E-state index in [9.17, 15) is 13.2 Å². The number of nitrogens with one attached hydrogen (secondary N) is 2. The summed E-state index contributed by atoms with van der Waals surface area (Å²) >= 11 is 0.976. The molecule has 1 aliphatic rings.